The van der Waals surface area contributed by atoms with Crippen molar-refractivity contribution >= 4 is 23.5 Å². The van der Waals surface area contributed by atoms with E-state index in [4.69, 9.17) is 0 Å². The summed E-state index contributed by atoms with van der Waals surface area (Å²) >= 11 is -0.523. The van der Waals surface area contributed by atoms with Crippen LogP contribution in [0.3, 0.4) is 0 Å². The first-order valence-corrected chi connectivity index (χ1v) is 9.19. The number of ketones is 1. The largest absolute Gasteiger partial charge is 0.446 e. The minimum Gasteiger partial charge on any atom is -0.348 e. The number of nitrogens with one attached hydrogen (secondary N) is 1. The highest BCUT2D eigenvalue weighted by atomic mass is 32.2. The van der Waals surface area contributed by atoms with Gasteiger partial charge in [0.2, 0.25) is 5.95 Å². The minimum atomic E-state index is -4.58. The Kier molecular flexibility index (Phi) is 6.87. The highest BCUT2D eigenvalue weighted by Gasteiger charge is 2.31. The Hall–Kier alpha value is -2.36. The molecule has 0 aliphatic heterocycles. The van der Waals surface area contributed by atoms with Crippen molar-refractivity contribution in [3.8, 4) is 0 Å². The first-order valence-electron chi connectivity index (χ1n) is 8.37. The summed E-state index contributed by atoms with van der Waals surface area (Å²) in [5.74, 6) is -1.59. The van der Waals surface area contributed by atoms with E-state index >= 15 is 0 Å². The number of rotatable bonds is 7. The van der Waals surface area contributed by atoms with E-state index in [9.17, 15) is 27.2 Å². The summed E-state index contributed by atoms with van der Waals surface area (Å²) in [7, 11) is 3.31. The highest BCUT2D eigenvalue weighted by molar-refractivity contribution is 8.00. The molecular weight excluding hydrogens is 398 g/mol. The lowest BCUT2D eigenvalue weighted by Crippen LogP contribution is -2.21. The van der Waals surface area contributed by atoms with E-state index in [0.29, 0.717) is 12.0 Å². The second-order valence-electron chi connectivity index (χ2n) is 6.32. The molecule has 1 atom stereocenters. The van der Waals surface area contributed by atoms with Crippen molar-refractivity contribution in [1.29, 1.82) is 0 Å². The van der Waals surface area contributed by atoms with E-state index in [1.165, 1.54) is 6.07 Å². The molecule has 152 valence electrons. The lowest BCUT2D eigenvalue weighted by atomic mass is 9.90. The molecule has 0 saturated carbocycles. The zero-order valence-electron chi connectivity index (χ0n) is 15.4. The van der Waals surface area contributed by atoms with Gasteiger partial charge in [-0.1, -0.05) is 13.0 Å². The number of carbonyl (C=O) groups is 1. The van der Waals surface area contributed by atoms with Crippen LogP contribution in [0.2, 0.25) is 0 Å². The number of aromatic nitrogens is 2. The predicted octanol–water partition coefficient (Wildman–Crippen LogP) is 4.35. The van der Waals surface area contributed by atoms with E-state index in [0.717, 1.165) is 18.2 Å². The molecule has 2 rings (SSSR count). The fourth-order valence-electron chi connectivity index (χ4n) is 2.60. The summed E-state index contributed by atoms with van der Waals surface area (Å²) in [4.78, 5) is 31.9. The molecule has 0 saturated heterocycles. The van der Waals surface area contributed by atoms with Crippen LogP contribution < -0.4 is 10.5 Å². The summed E-state index contributed by atoms with van der Waals surface area (Å²) in [5.41, 5.74) is -4.67. The van der Waals surface area contributed by atoms with E-state index in [1.54, 1.807) is 25.9 Å². The topological polar surface area (TPSA) is 66.1 Å². The molecule has 0 unspecified atom stereocenters. The van der Waals surface area contributed by atoms with Crippen molar-refractivity contribution in [2.45, 2.75) is 36.1 Å². The SMILES string of the molecule is CC[C@@H](CC(=O)c1cc(=O)[nH]c(N(C)C)n1)c1ccc(SC(F)(F)F)c(F)c1. The van der Waals surface area contributed by atoms with Crippen molar-refractivity contribution < 1.29 is 22.4 Å². The zero-order chi connectivity index (χ0) is 21.1. The van der Waals surface area contributed by atoms with Crippen molar-refractivity contribution in [3.63, 3.8) is 0 Å². The number of benzene rings is 1. The van der Waals surface area contributed by atoms with Gasteiger partial charge in [0.05, 0.1) is 4.90 Å². The van der Waals surface area contributed by atoms with Gasteiger partial charge in [0.15, 0.2) is 5.78 Å². The summed E-state index contributed by atoms with van der Waals surface area (Å²) in [6.07, 6.45) is 0.408. The number of alkyl halides is 3. The van der Waals surface area contributed by atoms with Gasteiger partial charge >= 0.3 is 5.51 Å². The molecule has 10 heteroatoms. The van der Waals surface area contributed by atoms with Crippen LogP contribution in [0, 0.1) is 5.82 Å². The van der Waals surface area contributed by atoms with Crippen molar-refractivity contribution in [2.24, 2.45) is 0 Å². The number of carbonyl (C=O) groups excluding carboxylic acids is 1. The number of aromatic amines is 1. The zero-order valence-corrected chi connectivity index (χ0v) is 16.2. The molecular formula is C18H19F4N3O2S. The standard InChI is InChI=1S/C18H19F4N3O2S/c1-4-10(11-5-6-15(12(19)7-11)28-18(20,21)22)8-14(26)13-9-16(27)24-17(23-13)25(2)3/h5-7,9-10H,4,8H2,1-3H3,(H,23,24,27)/t10-/m0/s1. The van der Waals surface area contributed by atoms with Crippen LogP contribution in [-0.4, -0.2) is 35.4 Å². The number of anilines is 1. The quantitative estimate of drug-likeness (QED) is 0.412. The van der Waals surface area contributed by atoms with Crippen LogP contribution in [-0.2, 0) is 0 Å². The molecule has 0 aliphatic rings. The van der Waals surface area contributed by atoms with Crippen LogP contribution in [0.15, 0.2) is 34.0 Å². The van der Waals surface area contributed by atoms with Gasteiger partial charge in [-0.15, -0.1) is 0 Å². The molecule has 1 aromatic carbocycles. The van der Waals surface area contributed by atoms with Gasteiger partial charge < -0.3 is 4.90 Å². The van der Waals surface area contributed by atoms with Crippen LogP contribution in [0.1, 0.15) is 41.7 Å². The molecule has 0 bridgehead atoms. The second-order valence-corrected chi connectivity index (χ2v) is 7.43. The van der Waals surface area contributed by atoms with Crippen LogP contribution in [0.25, 0.3) is 0 Å². The summed E-state index contributed by atoms with van der Waals surface area (Å²) in [6.45, 7) is 1.78. The van der Waals surface area contributed by atoms with Crippen molar-refractivity contribution in [1.82, 2.24) is 9.97 Å². The van der Waals surface area contributed by atoms with Crippen molar-refractivity contribution in [3.05, 3.63) is 51.7 Å². The number of nitrogens with zero attached hydrogens (tertiary/aromatic N) is 2. The minimum absolute atomic E-state index is 0.0179. The number of thioether (sulfide) groups is 1. The van der Waals surface area contributed by atoms with Crippen molar-refractivity contribution in [2.75, 3.05) is 19.0 Å². The molecule has 0 amide bonds. The smallest absolute Gasteiger partial charge is 0.348 e. The summed E-state index contributed by atoms with van der Waals surface area (Å²) < 4.78 is 51.4. The third-order valence-corrected chi connectivity index (χ3v) is 4.80. The lowest BCUT2D eigenvalue weighted by Gasteiger charge is -2.16. The third-order valence-electron chi connectivity index (χ3n) is 4.02. The highest BCUT2D eigenvalue weighted by Crippen LogP contribution is 2.39. The Morgan fingerprint density at radius 2 is 1.96 bits per heavy atom. The van der Waals surface area contributed by atoms with Gasteiger partial charge in [-0.2, -0.15) is 13.2 Å². The van der Waals surface area contributed by atoms with E-state index in [-0.39, 0.29) is 18.1 Å². The Labute approximate surface area is 163 Å². The number of hydrogen-bond donors (Lipinski definition) is 1. The normalized spacial score (nSPS) is 12.7. The molecule has 2 aromatic rings. The monoisotopic (exact) mass is 417 g/mol. The van der Waals surface area contributed by atoms with Gasteiger partial charge in [0.25, 0.3) is 5.56 Å². The maximum atomic E-state index is 14.1. The molecule has 0 radical (unpaired) electrons. The molecule has 5 nitrogen and oxygen atoms in total. The van der Waals surface area contributed by atoms with Gasteiger partial charge in [-0.05, 0) is 41.8 Å². The van der Waals surface area contributed by atoms with E-state index in [2.05, 4.69) is 9.97 Å². The Morgan fingerprint density at radius 3 is 2.50 bits per heavy atom. The maximum absolute atomic E-state index is 14.1. The van der Waals surface area contributed by atoms with Gasteiger partial charge in [0.1, 0.15) is 11.5 Å². The van der Waals surface area contributed by atoms with Gasteiger partial charge in [-0.3, -0.25) is 14.6 Å². The number of H-pyrrole nitrogens is 1. The summed E-state index contributed by atoms with van der Waals surface area (Å²) in [5, 5.41) is 0. The molecule has 1 N–H and O–H groups in total. The summed E-state index contributed by atoms with van der Waals surface area (Å²) in [6, 6.07) is 4.55. The van der Waals surface area contributed by atoms with E-state index < -0.39 is 45.2 Å². The maximum Gasteiger partial charge on any atom is 0.446 e. The average Bonchev–Trinajstić information content (AvgIpc) is 2.59. The van der Waals surface area contributed by atoms with Crippen LogP contribution in [0.4, 0.5) is 23.5 Å². The Bertz CT molecular complexity index is 912. The Morgan fingerprint density at radius 1 is 1.29 bits per heavy atom. The van der Waals surface area contributed by atoms with Crippen LogP contribution >= 0.6 is 11.8 Å². The number of Topliss-reactive ketones (excluding diaryl/α,β-unsaturated/α-hetero) is 1. The lowest BCUT2D eigenvalue weighted by molar-refractivity contribution is -0.0329. The fraction of sp³-hybridized carbons (Fsp3) is 0.389. The van der Waals surface area contributed by atoms with Gasteiger partial charge in [-0.25, -0.2) is 9.37 Å². The third kappa shape index (κ3) is 5.82. The first-order chi connectivity index (χ1) is 13.0. The number of halogens is 4. The second kappa shape index (κ2) is 8.76. The van der Waals surface area contributed by atoms with E-state index in [1.807, 2.05) is 0 Å². The molecule has 28 heavy (non-hydrogen) atoms. The molecule has 1 aromatic heterocycles. The van der Waals surface area contributed by atoms with Gasteiger partial charge in [0, 0.05) is 26.6 Å². The predicted molar refractivity (Wildman–Crippen MR) is 99.5 cm³/mol. The fourth-order valence-corrected chi connectivity index (χ4v) is 3.15. The molecule has 1 heterocycles. The van der Waals surface area contributed by atoms with Crippen LogP contribution in [0.5, 0.6) is 0 Å². The number of hydrogen-bond acceptors (Lipinski definition) is 5. The molecule has 0 aliphatic carbocycles. The first kappa shape index (κ1) is 21.9. The Balaban J connectivity index is 2.23. The molecule has 0 fully saturated rings. The molecule has 0 spiro atoms. The average molecular weight is 417 g/mol.